The van der Waals surface area contributed by atoms with Gasteiger partial charge in [0.15, 0.2) is 0 Å². The van der Waals surface area contributed by atoms with Crippen LogP contribution in [-0.2, 0) is 6.54 Å². The van der Waals surface area contributed by atoms with Crippen LogP contribution in [0.3, 0.4) is 0 Å². The van der Waals surface area contributed by atoms with Gasteiger partial charge in [0.1, 0.15) is 5.82 Å². The summed E-state index contributed by atoms with van der Waals surface area (Å²) in [5, 5.41) is 3.50. The Kier molecular flexibility index (Phi) is 7.25. The van der Waals surface area contributed by atoms with E-state index in [-0.39, 0.29) is 0 Å². The molecule has 0 fully saturated rings. The fraction of sp³-hybridized carbons (Fsp3) is 0.611. The molecule has 0 radical (unpaired) electrons. The Morgan fingerprint density at radius 2 is 2.00 bits per heavy atom. The molecule has 1 aromatic rings. The second kappa shape index (κ2) is 8.69. The second-order valence-electron chi connectivity index (χ2n) is 6.16. The summed E-state index contributed by atoms with van der Waals surface area (Å²) in [5.74, 6) is 4.77. The molecular formula is C18H29N3. The zero-order chi connectivity index (χ0) is 15.8. The number of terminal acetylenes is 1. The van der Waals surface area contributed by atoms with E-state index in [0.717, 1.165) is 31.1 Å². The van der Waals surface area contributed by atoms with E-state index in [0.29, 0.717) is 18.4 Å². The Morgan fingerprint density at radius 3 is 2.52 bits per heavy atom. The van der Waals surface area contributed by atoms with E-state index >= 15 is 0 Å². The first-order chi connectivity index (χ1) is 9.97. The molecule has 1 N–H and O–H groups in total. The van der Waals surface area contributed by atoms with Crippen LogP contribution in [-0.4, -0.2) is 24.6 Å². The molecule has 1 heterocycles. The van der Waals surface area contributed by atoms with Gasteiger partial charge in [-0.1, -0.05) is 33.6 Å². The molecule has 3 nitrogen and oxygen atoms in total. The number of anilines is 1. The zero-order valence-corrected chi connectivity index (χ0v) is 14.1. The summed E-state index contributed by atoms with van der Waals surface area (Å²) in [6, 6.07) is 4.35. The van der Waals surface area contributed by atoms with E-state index in [1.807, 2.05) is 0 Å². The Hall–Kier alpha value is -1.53. The van der Waals surface area contributed by atoms with Crippen LogP contribution >= 0.6 is 0 Å². The molecule has 0 aromatic carbocycles. The SMILES string of the molecule is C#CCN(CC)c1cc(CNCC(C)C)cc(C(C)C)n1. The minimum Gasteiger partial charge on any atom is -0.346 e. The van der Waals surface area contributed by atoms with Gasteiger partial charge in [0, 0.05) is 18.8 Å². The highest BCUT2D eigenvalue weighted by atomic mass is 15.2. The highest BCUT2D eigenvalue weighted by Gasteiger charge is 2.10. The normalized spacial score (nSPS) is 11.0. The topological polar surface area (TPSA) is 28.2 Å². The zero-order valence-electron chi connectivity index (χ0n) is 14.1. The van der Waals surface area contributed by atoms with Crippen molar-refractivity contribution in [3.63, 3.8) is 0 Å². The maximum Gasteiger partial charge on any atom is 0.129 e. The van der Waals surface area contributed by atoms with Crippen molar-refractivity contribution in [2.45, 2.75) is 47.1 Å². The molecule has 0 saturated carbocycles. The Bertz CT molecular complexity index is 472. The smallest absolute Gasteiger partial charge is 0.129 e. The van der Waals surface area contributed by atoms with Crippen LogP contribution in [0.25, 0.3) is 0 Å². The lowest BCUT2D eigenvalue weighted by molar-refractivity contribution is 0.551. The van der Waals surface area contributed by atoms with Gasteiger partial charge in [-0.15, -0.1) is 6.42 Å². The molecule has 116 valence electrons. The van der Waals surface area contributed by atoms with E-state index in [4.69, 9.17) is 11.4 Å². The summed E-state index contributed by atoms with van der Waals surface area (Å²) in [5.41, 5.74) is 2.41. The average molecular weight is 287 g/mol. The number of aromatic nitrogens is 1. The third kappa shape index (κ3) is 5.77. The van der Waals surface area contributed by atoms with Crippen molar-refractivity contribution in [3.05, 3.63) is 23.4 Å². The van der Waals surface area contributed by atoms with Gasteiger partial charge < -0.3 is 10.2 Å². The summed E-state index contributed by atoms with van der Waals surface area (Å²) >= 11 is 0. The quantitative estimate of drug-likeness (QED) is 0.743. The molecule has 0 saturated heterocycles. The van der Waals surface area contributed by atoms with E-state index in [1.54, 1.807) is 0 Å². The van der Waals surface area contributed by atoms with Crippen LogP contribution in [0.5, 0.6) is 0 Å². The number of nitrogens with zero attached hydrogens (tertiary/aromatic N) is 2. The molecule has 0 aliphatic carbocycles. The van der Waals surface area contributed by atoms with Crippen molar-refractivity contribution >= 4 is 5.82 Å². The lowest BCUT2D eigenvalue weighted by Gasteiger charge is -2.22. The largest absolute Gasteiger partial charge is 0.346 e. The number of rotatable bonds is 8. The third-order valence-corrected chi connectivity index (χ3v) is 3.35. The second-order valence-corrected chi connectivity index (χ2v) is 6.16. The van der Waals surface area contributed by atoms with Crippen LogP contribution in [0.1, 0.15) is 51.8 Å². The summed E-state index contributed by atoms with van der Waals surface area (Å²) in [4.78, 5) is 6.91. The maximum absolute atomic E-state index is 5.46. The molecule has 0 aliphatic heterocycles. The van der Waals surface area contributed by atoms with E-state index in [9.17, 15) is 0 Å². The lowest BCUT2D eigenvalue weighted by atomic mass is 10.1. The Labute approximate surface area is 130 Å². The summed E-state index contributed by atoms with van der Waals surface area (Å²) < 4.78 is 0. The molecule has 1 aromatic heterocycles. The van der Waals surface area contributed by atoms with E-state index in [1.165, 1.54) is 5.56 Å². The van der Waals surface area contributed by atoms with Crippen LogP contribution in [0, 0.1) is 18.3 Å². The molecule has 0 bridgehead atoms. The molecule has 3 heteroatoms. The fourth-order valence-corrected chi connectivity index (χ4v) is 2.12. The molecule has 0 unspecified atom stereocenters. The summed E-state index contributed by atoms with van der Waals surface area (Å²) in [7, 11) is 0. The fourth-order valence-electron chi connectivity index (χ4n) is 2.12. The molecule has 21 heavy (non-hydrogen) atoms. The van der Waals surface area contributed by atoms with Crippen molar-refractivity contribution in [2.75, 3.05) is 24.5 Å². The van der Waals surface area contributed by atoms with Gasteiger partial charge in [0.25, 0.3) is 0 Å². The highest BCUT2D eigenvalue weighted by molar-refractivity contribution is 5.44. The van der Waals surface area contributed by atoms with Crippen molar-refractivity contribution in [3.8, 4) is 12.3 Å². The van der Waals surface area contributed by atoms with Gasteiger partial charge in [-0.2, -0.15) is 0 Å². The molecule has 0 aliphatic rings. The van der Waals surface area contributed by atoms with Gasteiger partial charge >= 0.3 is 0 Å². The Balaban J connectivity index is 2.97. The van der Waals surface area contributed by atoms with Crippen molar-refractivity contribution in [1.82, 2.24) is 10.3 Å². The van der Waals surface area contributed by atoms with Crippen LogP contribution in [0.15, 0.2) is 12.1 Å². The average Bonchev–Trinajstić information content (AvgIpc) is 2.44. The van der Waals surface area contributed by atoms with Gasteiger partial charge in [0.2, 0.25) is 0 Å². The van der Waals surface area contributed by atoms with Crippen molar-refractivity contribution in [1.29, 1.82) is 0 Å². The Morgan fingerprint density at radius 1 is 1.29 bits per heavy atom. The van der Waals surface area contributed by atoms with Crippen molar-refractivity contribution < 1.29 is 0 Å². The van der Waals surface area contributed by atoms with Crippen LogP contribution in [0.4, 0.5) is 5.82 Å². The lowest BCUT2D eigenvalue weighted by Crippen LogP contribution is -2.25. The van der Waals surface area contributed by atoms with Gasteiger partial charge in [-0.3, -0.25) is 0 Å². The minimum absolute atomic E-state index is 0.415. The summed E-state index contributed by atoms with van der Waals surface area (Å²) in [6.07, 6.45) is 5.46. The summed E-state index contributed by atoms with van der Waals surface area (Å²) in [6.45, 7) is 14.3. The molecular weight excluding hydrogens is 258 g/mol. The monoisotopic (exact) mass is 287 g/mol. The van der Waals surface area contributed by atoms with E-state index < -0.39 is 0 Å². The first-order valence-electron chi connectivity index (χ1n) is 7.87. The number of pyridine rings is 1. The standard InChI is InChI=1S/C18H29N3/c1-7-9-21(8-2)18-11-16(13-19-12-14(3)4)10-17(20-18)15(5)6/h1,10-11,14-15,19H,8-9,12-13H2,2-6H3. The predicted molar refractivity (Wildman–Crippen MR) is 91.6 cm³/mol. The van der Waals surface area contributed by atoms with Gasteiger partial charge in [-0.25, -0.2) is 4.98 Å². The number of hydrogen-bond acceptors (Lipinski definition) is 3. The maximum atomic E-state index is 5.46. The van der Waals surface area contributed by atoms with Gasteiger partial charge in [-0.05, 0) is 43.0 Å². The molecule has 1 rings (SSSR count). The van der Waals surface area contributed by atoms with Crippen molar-refractivity contribution in [2.24, 2.45) is 5.92 Å². The first-order valence-corrected chi connectivity index (χ1v) is 7.87. The number of hydrogen-bond donors (Lipinski definition) is 1. The third-order valence-electron chi connectivity index (χ3n) is 3.35. The first kappa shape index (κ1) is 17.5. The highest BCUT2D eigenvalue weighted by Crippen LogP contribution is 2.20. The van der Waals surface area contributed by atoms with Crippen LogP contribution in [0.2, 0.25) is 0 Å². The minimum atomic E-state index is 0.415. The molecule has 0 spiro atoms. The van der Waals surface area contributed by atoms with E-state index in [2.05, 4.69) is 62.9 Å². The van der Waals surface area contributed by atoms with Crippen LogP contribution < -0.4 is 10.2 Å². The molecule has 0 amide bonds. The number of nitrogens with one attached hydrogen (secondary N) is 1. The predicted octanol–water partition coefficient (Wildman–Crippen LogP) is 3.41. The molecule has 0 atom stereocenters. The van der Waals surface area contributed by atoms with Gasteiger partial charge in [0.05, 0.1) is 6.54 Å².